The lowest BCUT2D eigenvalue weighted by molar-refractivity contribution is -0.141. The molecule has 3 aromatic rings. The molecule has 0 radical (unpaired) electrons. The molecule has 5 nitrogen and oxygen atoms in total. The standard InChI is InChI=1S/C35H44N2O3/c1-35(2,3)29-20-17-26(18-21-29)19-22-33(38)37(25-28-13-10-16-31(23-28)40-4)32(24-27-11-6-5-7-12-27)34(39)36-30-14-8-9-15-30/h5-7,10-13,16-18,20-21,23,30,32H,8-9,14-15,19,22,24-25H2,1-4H3,(H,36,39)/t32-/m0/s1. The maximum atomic E-state index is 14.0. The van der Waals surface area contributed by atoms with Gasteiger partial charge in [0.25, 0.3) is 0 Å². The van der Waals surface area contributed by atoms with Crippen LogP contribution in [0.2, 0.25) is 0 Å². The smallest absolute Gasteiger partial charge is 0.243 e. The Morgan fingerprint density at radius 1 is 0.900 bits per heavy atom. The van der Waals surface area contributed by atoms with E-state index >= 15 is 0 Å². The van der Waals surface area contributed by atoms with Crippen molar-refractivity contribution in [2.24, 2.45) is 0 Å². The topological polar surface area (TPSA) is 58.6 Å². The van der Waals surface area contributed by atoms with Gasteiger partial charge in [-0.25, -0.2) is 0 Å². The van der Waals surface area contributed by atoms with Crippen LogP contribution in [0.25, 0.3) is 0 Å². The Morgan fingerprint density at radius 3 is 2.23 bits per heavy atom. The first-order chi connectivity index (χ1) is 19.2. The van der Waals surface area contributed by atoms with Gasteiger partial charge in [0, 0.05) is 25.4 Å². The molecule has 0 aromatic heterocycles. The second kappa shape index (κ2) is 13.6. The van der Waals surface area contributed by atoms with Gasteiger partial charge in [0.2, 0.25) is 11.8 Å². The van der Waals surface area contributed by atoms with Gasteiger partial charge in [0.05, 0.1) is 7.11 Å². The molecule has 4 rings (SSSR count). The highest BCUT2D eigenvalue weighted by molar-refractivity contribution is 5.88. The minimum Gasteiger partial charge on any atom is -0.497 e. The van der Waals surface area contributed by atoms with Crippen molar-refractivity contribution in [3.8, 4) is 5.75 Å². The molecule has 5 heteroatoms. The third-order valence-electron chi connectivity index (χ3n) is 7.91. The van der Waals surface area contributed by atoms with E-state index in [4.69, 9.17) is 4.74 Å². The number of benzene rings is 3. The third kappa shape index (κ3) is 8.20. The van der Waals surface area contributed by atoms with Gasteiger partial charge in [-0.2, -0.15) is 0 Å². The molecule has 212 valence electrons. The number of hydrogen-bond donors (Lipinski definition) is 1. The summed E-state index contributed by atoms with van der Waals surface area (Å²) in [6.07, 6.45) is 5.69. The molecule has 1 atom stereocenters. The normalized spacial score (nSPS) is 14.5. The lowest BCUT2D eigenvalue weighted by Gasteiger charge is -2.32. The van der Waals surface area contributed by atoms with Crippen LogP contribution in [0.1, 0.15) is 75.1 Å². The Bertz CT molecular complexity index is 1240. The van der Waals surface area contributed by atoms with Crippen molar-refractivity contribution >= 4 is 11.8 Å². The van der Waals surface area contributed by atoms with Crippen molar-refractivity contribution in [3.63, 3.8) is 0 Å². The fourth-order valence-corrected chi connectivity index (χ4v) is 5.46. The summed E-state index contributed by atoms with van der Waals surface area (Å²) in [6.45, 7) is 6.94. The minimum absolute atomic E-state index is 0.0229. The Morgan fingerprint density at radius 2 is 1.57 bits per heavy atom. The van der Waals surface area contributed by atoms with Crippen LogP contribution in [0.3, 0.4) is 0 Å². The van der Waals surface area contributed by atoms with Gasteiger partial charge < -0.3 is 15.0 Å². The summed E-state index contributed by atoms with van der Waals surface area (Å²) in [7, 11) is 1.64. The van der Waals surface area contributed by atoms with Gasteiger partial charge in [-0.3, -0.25) is 9.59 Å². The van der Waals surface area contributed by atoms with Crippen molar-refractivity contribution in [1.29, 1.82) is 0 Å². The quantitative estimate of drug-likeness (QED) is 0.297. The first-order valence-corrected chi connectivity index (χ1v) is 14.6. The highest BCUT2D eigenvalue weighted by Gasteiger charge is 2.32. The van der Waals surface area contributed by atoms with Crippen LogP contribution < -0.4 is 10.1 Å². The van der Waals surface area contributed by atoms with Crippen LogP contribution >= 0.6 is 0 Å². The van der Waals surface area contributed by atoms with Crippen LogP contribution in [-0.4, -0.2) is 35.9 Å². The number of nitrogens with one attached hydrogen (secondary N) is 1. The molecular formula is C35H44N2O3. The maximum absolute atomic E-state index is 14.0. The van der Waals surface area contributed by atoms with Crippen LogP contribution in [-0.2, 0) is 34.4 Å². The van der Waals surface area contributed by atoms with Gasteiger partial charge >= 0.3 is 0 Å². The van der Waals surface area contributed by atoms with Gasteiger partial charge in [0.1, 0.15) is 11.8 Å². The zero-order valence-electron chi connectivity index (χ0n) is 24.5. The van der Waals surface area contributed by atoms with E-state index in [1.54, 1.807) is 12.0 Å². The average Bonchev–Trinajstić information content (AvgIpc) is 3.47. The van der Waals surface area contributed by atoms with Crippen molar-refractivity contribution in [3.05, 3.63) is 101 Å². The molecule has 0 spiro atoms. The maximum Gasteiger partial charge on any atom is 0.243 e. The van der Waals surface area contributed by atoms with E-state index in [2.05, 4.69) is 50.4 Å². The molecule has 2 amide bonds. The van der Waals surface area contributed by atoms with Gasteiger partial charge in [-0.05, 0) is 59.1 Å². The Kier molecular flexibility index (Phi) is 10.0. The summed E-state index contributed by atoms with van der Waals surface area (Å²) >= 11 is 0. The highest BCUT2D eigenvalue weighted by Crippen LogP contribution is 2.24. The number of carbonyl (C=O) groups is 2. The molecule has 40 heavy (non-hydrogen) atoms. The summed E-state index contributed by atoms with van der Waals surface area (Å²) in [5.41, 5.74) is 4.45. The summed E-state index contributed by atoms with van der Waals surface area (Å²) in [5.74, 6) is 0.644. The summed E-state index contributed by atoms with van der Waals surface area (Å²) in [4.78, 5) is 29.6. The number of rotatable bonds is 11. The molecule has 0 saturated heterocycles. The molecule has 0 bridgehead atoms. The number of hydrogen-bond acceptors (Lipinski definition) is 3. The lowest BCUT2D eigenvalue weighted by atomic mass is 9.86. The van der Waals surface area contributed by atoms with Gasteiger partial charge in [-0.15, -0.1) is 0 Å². The van der Waals surface area contributed by atoms with Crippen molar-refractivity contribution in [2.45, 2.75) is 89.8 Å². The zero-order chi connectivity index (χ0) is 28.5. The Hall–Kier alpha value is -3.60. The van der Waals surface area contributed by atoms with Crippen LogP contribution in [0, 0.1) is 0 Å². The van der Waals surface area contributed by atoms with E-state index in [-0.39, 0.29) is 23.3 Å². The predicted octanol–water partition coefficient (Wildman–Crippen LogP) is 6.62. The van der Waals surface area contributed by atoms with Crippen molar-refractivity contribution in [2.75, 3.05) is 7.11 Å². The molecular weight excluding hydrogens is 496 g/mol. The highest BCUT2D eigenvalue weighted by atomic mass is 16.5. The molecule has 0 unspecified atom stereocenters. The Labute approximate surface area is 239 Å². The van der Waals surface area contributed by atoms with E-state index < -0.39 is 6.04 Å². The van der Waals surface area contributed by atoms with Crippen molar-refractivity contribution < 1.29 is 14.3 Å². The van der Waals surface area contributed by atoms with Crippen LogP contribution in [0.5, 0.6) is 5.75 Å². The third-order valence-corrected chi connectivity index (χ3v) is 7.91. The Balaban J connectivity index is 1.60. The summed E-state index contributed by atoms with van der Waals surface area (Å²) in [6, 6.07) is 25.9. The van der Waals surface area contributed by atoms with E-state index in [9.17, 15) is 9.59 Å². The number of methoxy groups -OCH3 is 1. The SMILES string of the molecule is COc1cccc(CN(C(=O)CCc2ccc(C(C)(C)C)cc2)[C@@H](Cc2ccccc2)C(=O)NC2CCCC2)c1. The molecule has 1 saturated carbocycles. The fraction of sp³-hybridized carbons (Fsp3) is 0.429. The monoisotopic (exact) mass is 540 g/mol. The van der Waals surface area contributed by atoms with E-state index in [1.165, 1.54) is 5.56 Å². The number of aryl methyl sites for hydroxylation is 1. The van der Waals surface area contributed by atoms with Crippen molar-refractivity contribution in [1.82, 2.24) is 10.2 Å². The van der Waals surface area contributed by atoms with E-state index in [1.807, 2.05) is 54.6 Å². The number of carbonyl (C=O) groups excluding carboxylic acids is 2. The van der Waals surface area contributed by atoms with Gasteiger partial charge in [-0.1, -0.05) is 100 Å². The number of nitrogens with zero attached hydrogens (tertiary/aromatic N) is 1. The number of amides is 2. The first-order valence-electron chi connectivity index (χ1n) is 14.6. The molecule has 1 aliphatic rings. The molecule has 0 aliphatic heterocycles. The summed E-state index contributed by atoms with van der Waals surface area (Å²) < 4.78 is 5.45. The van der Waals surface area contributed by atoms with Crippen LogP contribution in [0.4, 0.5) is 0 Å². The minimum atomic E-state index is -0.607. The van der Waals surface area contributed by atoms with E-state index in [0.717, 1.165) is 48.1 Å². The molecule has 1 aliphatic carbocycles. The lowest BCUT2D eigenvalue weighted by Crippen LogP contribution is -2.52. The second-order valence-electron chi connectivity index (χ2n) is 12.0. The molecule has 1 fully saturated rings. The summed E-state index contributed by atoms with van der Waals surface area (Å²) in [5, 5.41) is 3.28. The van der Waals surface area contributed by atoms with E-state index in [0.29, 0.717) is 25.8 Å². The second-order valence-corrected chi connectivity index (χ2v) is 12.0. The van der Waals surface area contributed by atoms with Gasteiger partial charge in [0.15, 0.2) is 0 Å². The fourth-order valence-electron chi connectivity index (χ4n) is 5.46. The zero-order valence-corrected chi connectivity index (χ0v) is 24.5. The molecule has 0 heterocycles. The molecule has 1 N–H and O–H groups in total. The molecule has 3 aromatic carbocycles. The predicted molar refractivity (Wildman–Crippen MR) is 161 cm³/mol. The largest absolute Gasteiger partial charge is 0.497 e. The van der Waals surface area contributed by atoms with Crippen LogP contribution in [0.15, 0.2) is 78.9 Å². The number of ether oxygens (including phenoxy) is 1. The average molecular weight is 541 g/mol. The first kappa shape index (κ1) is 29.4.